The lowest BCUT2D eigenvalue weighted by Gasteiger charge is -2.29. The zero-order valence-electron chi connectivity index (χ0n) is 9.97. The Kier molecular flexibility index (Phi) is 4.88. The van der Waals surface area contributed by atoms with Gasteiger partial charge in [-0.05, 0) is 40.2 Å². The van der Waals surface area contributed by atoms with Gasteiger partial charge in [-0.1, -0.05) is 6.42 Å². The molecule has 3 N–H and O–H groups in total. The molecule has 1 aliphatic rings. The second kappa shape index (κ2) is 5.95. The Morgan fingerprint density at radius 2 is 2.00 bits per heavy atom. The van der Waals surface area contributed by atoms with Crippen LogP contribution < -0.4 is 16.0 Å². The van der Waals surface area contributed by atoms with Gasteiger partial charge in [0.1, 0.15) is 0 Å². The number of urea groups is 1. The Bertz CT molecular complexity index is 200. The first-order valence-corrected chi connectivity index (χ1v) is 5.90. The van der Waals surface area contributed by atoms with Gasteiger partial charge in [0.05, 0.1) is 0 Å². The van der Waals surface area contributed by atoms with E-state index in [2.05, 4.69) is 22.9 Å². The van der Waals surface area contributed by atoms with Gasteiger partial charge in [-0.25, -0.2) is 4.79 Å². The van der Waals surface area contributed by atoms with E-state index in [9.17, 15) is 4.79 Å². The second-order valence-electron chi connectivity index (χ2n) is 4.62. The highest BCUT2D eigenvalue weighted by Crippen LogP contribution is 2.09. The molecule has 0 aromatic rings. The molecule has 0 radical (unpaired) electrons. The van der Waals surface area contributed by atoms with Crippen LogP contribution in [0.25, 0.3) is 0 Å². The number of piperidine rings is 1. The normalized spacial score (nSPS) is 23.6. The average Bonchev–Trinajstić information content (AvgIpc) is 2.17. The highest BCUT2D eigenvalue weighted by Gasteiger charge is 2.20. The fourth-order valence-corrected chi connectivity index (χ4v) is 1.92. The number of carbonyl (C=O) groups is 1. The van der Waals surface area contributed by atoms with E-state index in [1.165, 1.54) is 12.8 Å². The minimum atomic E-state index is -0.0649. The predicted molar refractivity (Wildman–Crippen MR) is 61.9 cm³/mol. The number of rotatable bonds is 3. The standard InChI is InChI=1S/C11H23N3O/c1-8(2)13-11(15)14-9(3)10-6-4-5-7-12-10/h8-10,12H,4-7H2,1-3H3,(H2,13,14,15). The average molecular weight is 213 g/mol. The van der Waals surface area contributed by atoms with Crippen molar-refractivity contribution in [3.05, 3.63) is 0 Å². The van der Waals surface area contributed by atoms with Gasteiger partial charge >= 0.3 is 6.03 Å². The minimum Gasteiger partial charge on any atom is -0.336 e. The van der Waals surface area contributed by atoms with Crippen LogP contribution in [0.2, 0.25) is 0 Å². The van der Waals surface area contributed by atoms with Crippen molar-refractivity contribution in [1.29, 1.82) is 0 Å². The molecule has 4 heteroatoms. The molecule has 4 nitrogen and oxygen atoms in total. The number of carbonyl (C=O) groups excluding carboxylic acids is 1. The summed E-state index contributed by atoms with van der Waals surface area (Å²) in [6.07, 6.45) is 3.67. The molecule has 0 spiro atoms. The topological polar surface area (TPSA) is 53.2 Å². The van der Waals surface area contributed by atoms with Crippen LogP contribution in [-0.4, -0.2) is 30.7 Å². The molecule has 1 saturated heterocycles. The lowest BCUT2D eigenvalue weighted by Crippen LogP contribution is -2.53. The van der Waals surface area contributed by atoms with E-state index in [0.29, 0.717) is 6.04 Å². The molecule has 0 aromatic carbocycles. The molecule has 15 heavy (non-hydrogen) atoms. The van der Waals surface area contributed by atoms with Crippen LogP contribution in [0.15, 0.2) is 0 Å². The van der Waals surface area contributed by atoms with Crippen LogP contribution in [0.1, 0.15) is 40.0 Å². The largest absolute Gasteiger partial charge is 0.336 e. The molecule has 1 heterocycles. The smallest absolute Gasteiger partial charge is 0.315 e. The molecule has 0 aliphatic carbocycles. The van der Waals surface area contributed by atoms with Gasteiger partial charge in [0, 0.05) is 18.1 Å². The summed E-state index contributed by atoms with van der Waals surface area (Å²) in [5, 5.41) is 9.24. The first-order valence-electron chi connectivity index (χ1n) is 5.90. The Morgan fingerprint density at radius 1 is 1.27 bits per heavy atom. The number of hydrogen-bond acceptors (Lipinski definition) is 2. The van der Waals surface area contributed by atoms with Crippen molar-refractivity contribution in [3.63, 3.8) is 0 Å². The van der Waals surface area contributed by atoms with Crippen molar-refractivity contribution in [1.82, 2.24) is 16.0 Å². The quantitative estimate of drug-likeness (QED) is 0.660. The molecular formula is C11H23N3O. The summed E-state index contributed by atoms with van der Waals surface area (Å²) in [6, 6.07) is 0.752. The SMILES string of the molecule is CC(C)NC(=O)NC(C)C1CCCCN1. The van der Waals surface area contributed by atoms with E-state index in [-0.39, 0.29) is 18.1 Å². The molecule has 88 valence electrons. The molecule has 2 amide bonds. The highest BCUT2D eigenvalue weighted by atomic mass is 16.2. The minimum absolute atomic E-state index is 0.0649. The zero-order chi connectivity index (χ0) is 11.3. The summed E-state index contributed by atoms with van der Waals surface area (Å²) in [7, 11) is 0. The monoisotopic (exact) mass is 213 g/mol. The molecule has 0 aromatic heterocycles. The van der Waals surface area contributed by atoms with E-state index in [0.717, 1.165) is 13.0 Å². The van der Waals surface area contributed by atoms with Crippen LogP contribution in [0.3, 0.4) is 0 Å². The van der Waals surface area contributed by atoms with Crippen molar-refractivity contribution < 1.29 is 4.79 Å². The van der Waals surface area contributed by atoms with Crippen molar-refractivity contribution in [2.75, 3.05) is 6.54 Å². The summed E-state index contributed by atoms with van der Waals surface area (Å²) >= 11 is 0. The van der Waals surface area contributed by atoms with E-state index >= 15 is 0 Å². The molecule has 2 unspecified atom stereocenters. The third-order valence-electron chi connectivity index (χ3n) is 2.73. The van der Waals surface area contributed by atoms with Crippen LogP contribution in [0.5, 0.6) is 0 Å². The fourth-order valence-electron chi connectivity index (χ4n) is 1.92. The number of amides is 2. The van der Waals surface area contributed by atoms with Crippen LogP contribution in [0.4, 0.5) is 4.79 Å². The van der Waals surface area contributed by atoms with E-state index < -0.39 is 0 Å². The third-order valence-corrected chi connectivity index (χ3v) is 2.73. The third kappa shape index (κ3) is 4.51. The Hall–Kier alpha value is -0.770. The maximum Gasteiger partial charge on any atom is 0.315 e. The highest BCUT2D eigenvalue weighted by molar-refractivity contribution is 5.74. The van der Waals surface area contributed by atoms with E-state index in [1.807, 2.05) is 13.8 Å². The van der Waals surface area contributed by atoms with Crippen molar-refractivity contribution >= 4 is 6.03 Å². The Morgan fingerprint density at radius 3 is 2.53 bits per heavy atom. The summed E-state index contributed by atoms with van der Waals surface area (Å²) in [5.74, 6) is 0. The van der Waals surface area contributed by atoms with Crippen LogP contribution >= 0.6 is 0 Å². The van der Waals surface area contributed by atoms with Gasteiger partial charge in [0.25, 0.3) is 0 Å². The molecule has 1 fully saturated rings. The molecular weight excluding hydrogens is 190 g/mol. The molecule has 1 rings (SSSR count). The molecule has 0 bridgehead atoms. The molecule has 2 atom stereocenters. The van der Waals surface area contributed by atoms with Crippen molar-refractivity contribution in [2.24, 2.45) is 0 Å². The van der Waals surface area contributed by atoms with Crippen LogP contribution in [-0.2, 0) is 0 Å². The van der Waals surface area contributed by atoms with Gasteiger partial charge in [0.15, 0.2) is 0 Å². The number of nitrogens with one attached hydrogen (secondary N) is 3. The second-order valence-corrected chi connectivity index (χ2v) is 4.62. The summed E-state index contributed by atoms with van der Waals surface area (Å²) in [5.41, 5.74) is 0. The van der Waals surface area contributed by atoms with Crippen LogP contribution in [0, 0.1) is 0 Å². The lowest BCUT2D eigenvalue weighted by atomic mass is 9.99. The molecule has 0 saturated carbocycles. The van der Waals surface area contributed by atoms with E-state index in [4.69, 9.17) is 0 Å². The fraction of sp³-hybridized carbons (Fsp3) is 0.909. The summed E-state index contributed by atoms with van der Waals surface area (Å²) in [6.45, 7) is 7.05. The van der Waals surface area contributed by atoms with Gasteiger partial charge in [-0.15, -0.1) is 0 Å². The predicted octanol–water partition coefficient (Wildman–Crippen LogP) is 1.22. The van der Waals surface area contributed by atoms with Gasteiger partial charge in [0.2, 0.25) is 0 Å². The Balaban J connectivity index is 2.27. The first-order chi connectivity index (χ1) is 7.09. The molecule has 1 aliphatic heterocycles. The zero-order valence-corrected chi connectivity index (χ0v) is 9.97. The summed E-state index contributed by atoms with van der Waals surface area (Å²) in [4.78, 5) is 11.5. The lowest BCUT2D eigenvalue weighted by molar-refractivity contribution is 0.229. The van der Waals surface area contributed by atoms with Crippen molar-refractivity contribution in [3.8, 4) is 0 Å². The Labute approximate surface area is 92.2 Å². The first kappa shape index (κ1) is 12.3. The van der Waals surface area contributed by atoms with Gasteiger partial charge < -0.3 is 16.0 Å². The van der Waals surface area contributed by atoms with Gasteiger partial charge in [-0.2, -0.15) is 0 Å². The maximum absolute atomic E-state index is 11.5. The maximum atomic E-state index is 11.5. The van der Waals surface area contributed by atoms with Crippen molar-refractivity contribution in [2.45, 2.75) is 58.2 Å². The number of hydrogen-bond donors (Lipinski definition) is 3. The van der Waals surface area contributed by atoms with E-state index in [1.54, 1.807) is 0 Å². The summed E-state index contributed by atoms with van der Waals surface area (Å²) < 4.78 is 0. The van der Waals surface area contributed by atoms with Gasteiger partial charge in [-0.3, -0.25) is 0 Å².